The molecule has 1 saturated carbocycles. The van der Waals surface area contributed by atoms with Crippen LogP contribution in [-0.2, 0) is 5.54 Å². The molecule has 0 atom stereocenters. The van der Waals surface area contributed by atoms with Gasteiger partial charge >= 0.3 is 0 Å². The number of anilines is 1. The number of halogens is 1. The Kier molecular flexibility index (Phi) is 3.64. The zero-order valence-electron chi connectivity index (χ0n) is 13.4. The number of hydrogen-bond acceptors (Lipinski definition) is 6. The monoisotopic (exact) mass is 360 g/mol. The van der Waals surface area contributed by atoms with E-state index in [1.807, 2.05) is 0 Å². The molecule has 0 bridgehead atoms. The van der Waals surface area contributed by atoms with Crippen molar-refractivity contribution in [3.8, 4) is 0 Å². The van der Waals surface area contributed by atoms with Crippen molar-refractivity contribution in [1.82, 2.24) is 20.0 Å². The van der Waals surface area contributed by atoms with Gasteiger partial charge in [-0.2, -0.15) is 4.73 Å². The number of rotatable bonds is 1. The molecule has 1 amide bonds. The summed E-state index contributed by atoms with van der Waals surface area (Å²) in [6.45, 7) is 0. The first-order valence-electron chi connectivity index (χ1n) is 8.10. The lowest BCUT2D eigenvalue weighted by Gasteiger charge is -2.34. The summed E-state index contributed by atoms with van der Waals surface area (Å²) in [4.78, 5) is 24.6. The first-order valence-corrected chi connectivity index (χ1v) is 8.48. The zero-order valence-corrected chi connectivity index (χ0v) is 14.1. The lowest BCUT2D eigenvalue weighted by Crippen LogP contribution is -2.43. The predicted octanol–water partition coefficient (Wildman–Crippen LogP) is 1.89. The molecule has 4 rings (SSSR count). The maximum absolute atomic E-state index is 12.4. The molecule has 2 aromatic heterocycles. The highest BCUT2D eigenvalue weighted by Gasteiger charge is 2.47. The molecule has 1 aliphatic heterocycles. The van der Waals surface area contributed by atoms with Crippen LogP contribution in [0.15, 0.2) is 23.5 Å². The van der Waals surface area contributed by atoms with Crippen LogP contribution < -0.4 is 16.5 Å². The molecule has 130 valence electrons. The van der Waals surface area contributed by atoms with Gasteiger partial charge in [0.25, 0.3) is 5.91 Å². The fraction of sp³-hybridized carbons (Fsp3) is 0.375. The topological polar surface area (TPSA) is 118 Å². The highest BCUT2D eigenvalue weighted by atomic mass is 35.5. The van der Waals surface area contributed by atoms with E-state index in [-0.39, 0.29) is 22.2 Å². The maximum atomic E-state index is 12.4. The van der Waals surface area contributed by atoms with Crippen molar-refractivity contribution in [2.75, 3.05) is 5.73 Å². The van der Waals surface area contributed by atoms with Crippen LogP contribution in [-0.4, -0.2) is 25.8 Å². The number of carbonyl (C=O) groups excluding carboxylic acids is 1. The van der Waals surface area contributed by atoms with Gasteiger partial charge in [-0.05, 0) is 12.8 Å². The highest BCUT2D eigenvalue weighted by molar-refractivity contribution is 6.34. The Balaban J connectivity index is 1.94. The standard InChI is InChI=1S/C16H17ClN6O2/c17-9-6-12(21-11-7-10(18)19-8-20-11)23(25)14-13(9)15(24)22-16(14)4-2-1-3-5-16/h6-8,25H,1-5H2,(H,22,24)(H2,18,19,20). The van der Waals surface area contributed by atoms with Crippen molar-refractivity contribution < 1.29 is 10.0 Å². The maximum Gasteiger partial charge on any atom is 0.255 e. The average Bonchev–Trinajstić information content (AvgIpc) is 2.85. The summed E-state index contributed by atoms with van der Waals surface area (Å²) >= 11 is 6.34. The Hall–Kier alpha value is -2.61. The third-order valence-corrected chi connectivity index (χ3v) is 5.10. The van der Waals surface area contributed by atoms with Gasteiger partial charge < -0.3 is 16.3 Å². The summed E-state index contributed by atoms with van der Waals surface area (Å²) < 4.78 is 0.947. The molecule has 2 aliphatic rings. The van der Waals surface area contributed by atoms with Gasteiger partial charge in [0, 0.05) is 12.1 Å². The third kappa shape index (κ3) is 2.53. The molecule has 1 fully saturated rings. The predicted molar refractivity (Wildman–Crippen MR) is 90.5 cm³/mol. The van der Waals surface area contributed by atoms with Crippen molar-refractivity contribution in [2.45, 2.75) is 37.6 Å². The first-order chi connectivity index (χ1) is 12.0. The number of nitrogens with zero attached hydrogens (tertiary/aromatic N) is 4. The Morgan fingerprint density at radius 3 is 2.76 bits per heavy atom. The number of carbonyl (C=O) groups is 1. The fourth-order valence-electron chi connectivity index (χ4n) is 3.71. The van der Waals surface area contributed by atoms with Crippen molar-refractivity contribution >= 4 is 29.1 Å². The second kappa shape index (κ2) is 5.73. The number of pyridine rings is 1. The van der Waals surface area contributed by atoms with E-state index >= 15 is 0 Å². The molecule has 0 saturated heterocycles. The third-order valence-electron chi connectivity index (χ3n) is 4.80. The molecule has 1 aliphatic carbocycles. The van der Waals surface area contributed by atoms with Gasteiger partial charge in [-0.1, -0.05) is 30.9 Å². The number of hydrogen-bond donors (Lipinski definition) is 3. The largest absolute Gasteiger partial charge is 0.427 e. The lowest BCUT2D eigenvalue weighted by molar-refractivity contribution is 0.0892. The molecule has 4 N–H and O–H groups in total. The van der Waals surface area contributed by atoms with Gasteiger partial charge in [0.15, 0.2) is 11.3 Å². The van der Waals surface area contributed by atoms with Crippen LogP contribution in [0.5, 0.6) is 0 Å². The molecule has 9 heteroatoms. The summed E-state index contributed by atoms with van der Waals surface area (Å²) in [5.41, 5.74) is 6.01. The average molecular weight is 361 g/mol. The Morgan fingerprint density at radius 1 is 1.28 bits per heavy atom. The van der Waals surface area contributed by atoms with Crippen molar-refractivity contribution in [1.29, 1.82) is 0 Å². The minimum Gasteiger partial charge on any atom is -0.427 e. The van der Waals surface area contributed by atoms with Crippen LogP contribution >= 0.6 is 11.6 Å². The number of amides is 1. The van der Waals surface area contributed by atoms with Crippen LogP contribution in [0.1, 0.15) is 48.2 Å². The van der Waals surface area contributed by atoms with Gasteiger partial charge in [-0.25, -0.2) is 15.0 Å². The molecule has 2 aromatic rings. The number of fused-ring (bicyclic) bond motifs is 2. The summed E-state index contributed by atoms with van der Waals surface area (Å²) in [6.07, 6.45) is 5.86. The van der Waals surface area contributed by atoms with Gasteiger partial charge in [0.1, 0.15) is 12.1 Å². The molecule has 0 aromatic carbocycles. The quantitative estimate of drug-likeness (QED) is 0.671. The number of aromatic nitrogens is 3. The summed E-state index contributed by atoms with van der Waals surface area (Å²) in [7, 11) is 0. The molecule has 8 nitrogen and oxygen atoms in total. The van der Waals surface area contributed by atoms with Gasteiger partial charge in [-0.3, -0.25) is 4.79 Å². The zero-order chi connectivity index (χ0) is 17.6. The normalized spacial score (nSPS) is 19.1. The van der Waals surface area contributed by atoms with Gasteiger partial charge in [0.05, 0.1) is 21.8 Å². The van der Waals surface area contributed by atoms with E-state index in [2.05, 4.69) is 20.3 Å². The Morgan fingerprint density at radius 2 is 2.04 bits per heavy atom. The van der Waals surface area contributed by atoms with Crippen molar-refractivity contribution in [3.05, 3.63) is 40.2 Å². The van der Waals surface area contributed by atoms with E-state index in [0.29, 0.717) is 17.1 Å². The minimum absolute atomic E-state index is 0.184. The molecule has 3 heterocycles. The van der Waals surface area contributed by atoms with Crippen LogP contribution in [0.25, 0.3) is 0 Å². The smallest absolute Gasteiger partial charge is 0.255 e. The lowest BCUT2D eigenvalue weighted by atomic mass is 9.80. The van der Waals surface area contributed by atoms with Crippen LogP contribution in [0.2, 0.25) is 5.02 Å². The van der Waals surface area contributed by atoms with Crippen molar-refractivity contribution in [2.24, 2.45) is 4.99 Å². The molecular formula is C16H17ClN6O2. The number of nitrogens with two attached hydrogens (primary N) is 1. The molecular weight excluding hydrogens is 344 g/mol. The van der Waals surface area contributed by atoms with E-state index in [1.54, 1.807) is 0 Å². The van der Waals surface area contributed by atoms with Crippen LogP contribution in [0.3, 0.4) is 0 Å². The second-order valence-corrected chi connectivity index (χ2v) is 6.80. The fourth-order valence-corrected chi connectivity index (χ4v) is 3.99. The summed E-state index contributed by atoms with van der Waals surface area (Å²) in [5.74, 6) is 0.301. The van der Waals surface area contributed by atoms with E-state index in [4.69, 9.17) is 17.3 Å². The molecule has 0 radical (unpaired) electrons. The van der Waals surface area contributed by atoms with E-state index in [9.17, 15) is 10.0 Å². The first kappa shape index (κ1) is 15.9. The van der Waals surface area contributed by atoms with E-state index < -0.39 is 5.54 Å². The molecule has 1 spiro atoms. The Bertz CT molecular complexity index is 933. The summed E-state index contributed by atoms with van der Waals surface area (Å²) in [6, 6.07) is 2.93. The number of nitrogen functional groups attached to an aromatic ring is 1. The SMILES string of the molecule is Nc1cc(N=c2cc(Cl)c3c(n2O)C2(CCCCC2)NC3=O)ncn1. The second-order valence-electron chi connectivity index (χ2n) is 6.40. The van der Waals surface area contributed by atoms with E-state index in [1.165, 1.54) is 18.5 Å². The Labute approximate surface area is 148 Å². The van der Waals surface area contributed by atoms with Crippen molar-refractivity contribution in [3.63, 3.8) is 0 Å². The minimum atomic E-state index is -0.598. The van der Waals surface area contributed by atoms with Crippen LogP contribution in [0, 0.1) is 0 Å². The molecule has 0 unspecified atom stereocenters. The summed E-state index contributed by atoms with van der Waals surface area (Å²) in [5, 5.41) is 14.1. The molecule has 25 heavy (non-hydrogen) atoms. The van der Waals surface area contributed by atoms with Gasteiger partial charge in [0.2, 0.25) is 0 Å². The number of nitrogens with one attached hydrogen (secondary N) is 1. The highest BCUT2D eigenvalue weighted by Crippen LogP contribution is 2.43. The van der Waals surface area contributed by atoms with Gasteiger partial charge in [-0.15, -0.1) is 0 Å². The van der Waals surface area contributed by atoms with E-state index in [0.717, 1.165) is 36.8 Å². The van der Waals surface area contributed by atoms with Crippen LogP contribution in [0.4, 0.5) is 11.6 Å².